The molecule has 1 heterocycles. The van der Waals surface area contributed by atoms with Crippen LogP contribution in [0.1, 0.15) is 26.7 Å². The fourth-order valence-corrected chi connectivity index (χ4v) is 2.22. The topological polar surface area (TPSA) is 42.0 Å². The third-order valence-electron chi connectivity index (χ3n) is 3.57. The second-order valence-corrected chi connectivity index (χ2v) is 4.26. The van der Waals surface area contributed by atoms with Gasteiger partial charge in [-0.25, -0.2) is 4.79 Å². The van der Waals surface area contributed by atoms with Crippen molar-refractivity contribution in [2.24, 2.45) is 0 Å². The van der Waals surface area contributed by atoms with E-state index < -0.39 is 5.79 Å². The lowest BCUT2D eigenvalue weighted by Crippen LogP contribution is -2.52. The number of piperidine rings is 1. The molecule has 1 fully saturated rings. The summed E-state index contributed by atoms with van der Waals surface area (Å²) in [4.78, 5) is 15.8. The van der Waals surface area contributed by atoms with Crippen LogP contribution < -0.4 is 0 Å². The van der Waals surface area contributed by atoms with Gasteiger partial charge in [-0.2, -0.15) is 0 Å². The molecule has 1 aliphatic rings. The predicted molar refractivity (Wildman–Crippen MR) is 65.9 cm³/mol. The van der Waals surface area contributed by atoms with Gasteiger partial charge in [-0.15, -0.1) is 0 Å². The van der Waals surface area contributed by atoms with Crippen molar-refractivity contribution >= 4 is 6.03 Å². The van der Waals surface area contributed by atoms with Crippen molar-refractivity contribution in [2.75, 3.05) is 40.4 Å². The zero-order valence-corrected chi connectivity index (χ0v) is 11.4. The number of nitrogens with zero attached hydrogens (tertiary/aromatic N) is 2. The fraction of sp³-hybridized carbons (Fsp3) is 0.917. The van der Waals surface area contributed by atoms with Crippen LogP contribution in [0.2, 0.25) is 0 Å². The molecule has 0 aromatic carbocycles. The van der Waals surface area contributed by atoms with Gasteiger partial charge in [0.15, 0.2) is 5.79 Å². The first-order valence-corrected chi connectivity index (χ1v) is 6.26. The molecule has 5 heteroatoms. The van der Waals surface area contributed by atoms with E-state index in [-0.39, 0.29) is 6.03 Å². The number of ether oxygens (including phenoxy) is 2. The van der Waals surface area contributed by atoms with Gasteiger partial charge in [0.05, 0.1) is 0 Å². The Hall–Kier alpha value is -0.810. The Labute approximate surface area is 104 Å². The second kappa shape index (κ2) is 6.21. The summed E-state index contributed by atoms with van der Waals surface area (Å²) < 4.78 is 10.8. The van der Waals surface area contributed by atoms with Crippen LogP contribution in [0.3, 0.4) is 0 Å². The van der Waals surface area contributed by atoms with Gasteiger partial charge in [0.2, 0.25) is 0 Å². The SMILES string of the molecule is CCN(CC)C(=O)N1CCC(OC)(OC)CC1. The summed E-state index contributed by atoms with van der Waals surface area (Å²) in [5.74, 6) is -0.500. The molecule has 2 amide bonds. The molecule has 0 aromatic rings. The molecule has 0 aromatic heterocycles. The van der Waals surface area contributed by atoms with Crippen LogP contribution in [0, 0.1) is 0 Å². The smallest absolute Gasteiger partial charge is 0.319 e. The first-order chi connectivity index (χ1) is 8.12. The summed E-state index contributed by atoms with van der Waals surface area (Å²) in [5.41, 5.74) is 0. The summed E-state index contributed by atoms with van der Waals surface area (Å²) in [6, 6.07) is 0.121. The van der Waals surface area contributed by atoms with Gasteiger partial charge in [0.25, 0.3) is 0 Å². The summed E-state index contributed by atoms with van der Waals surface area (Å²) in [6.45, 7) is 6.89. The van der Waals surface area contributed by atoms with E-state index in [1.165, 1.54) is 0 Å². The van der Waals surface area contributed by atoms with Gasteiger partial charge in [0.1, 0.15) is 0 Å². The van der Waals surface area contributed by atoms with E-state index in [2.05, 4.69) is 0 Å². The zero-order chi connectivity index (χ0) is 12.9. The quantitative estimate of drug-likeness (QED) is 0.704. The van der Waals surface area contributed by atoms with Crippen molar-refractivity contribution in [1.29, 1.82) is 0 Å². The van der Waals surface area contributed by atoms with Crippen molar-refractivity contribution in [3.63, 3.8) is 0 Å². The van der Waals surface area contributed by atoms with Crippen LogP contribution in [-0.2, 0) is 9.47 Å². The van der Waals surface area contributed by atoms with Crippen molar-refractivity contribution in [2.45, 2.75) is 32.5 Å². The average Bonchev–Trinajstić information content (AvgIpc) is 2.40. The molecule has 0 atom stereocenters. The van der Waals surface area contributed by atoms with Crippen LogP contribution in [0.25, 0.3) is 0 Å². The highest BCUT2D eigenvalue weighted by Crippen LogP contribution is 2.26. The van der Waals surface area contributed by atoms with E-state index in [9.17, 15) is 4.79 Å². The third kappa shape index (κ3) is 3.10. The minimum atomic E-state index is -0.500. The van der Waals surface area contributed by atoms with Crippen molar-refractivity contribution in [3.8, 4) is 0 Å². The van der Waals surface area contributed by atoms with E-state index >= 15 is 0 Å². The van der Waals surface area contributed by atoms with Crippen LogP contribution in [0.4, 0.5) is 4.79 Å². The lowest BCUT2D eigenvalue weighted by Gasteiger charge is -2.40. The molecule has 0 radical (unpaired) electrons. The van der Waals surface area contributed by atoms with E-state index in [1.54, 1.807) is 14.2 Å². The molecule has 1 rings (SSSR count). The molecule has 5 nitrogen and oxygen atoms in total. The Morgan fingerprint density at radius 1 is 1.18 bits per heavy atom. The summed E-state index contributed by atoms with van der Waals surface area (Å²) in [6.07, 6.45) is 1.46. The van der Waals surface area contributed by atoms with Gasteiger partial charge in [-0.1, -0.05) is 0 Å². The number of carbonyl (C=O) groups excluding carboxylic acids is 1. The van der Waals surface area contributed by atoms with Gasteiger partial charge in [-0.3, -0.25) is 0 Å². The largest absolute Gasteiger partial charge is 0.353 e. The van der Waals surface area contributed by atoms with Gasteiger partial charge in [-0.05, 0) is 13.8 Å². The Morgan fingerprint density at radius 2 is 1.65 bits per heavy atom. The van der Waals surface area contributed by atoms with Crippen LogP contribution in [0.5, 0.6) is 0 Å². The van der Waals surface area contributed by atoms with E-state index in [4.69, 9.17) is 9.47 Å². The van der Waals surface area contributed by atoms with Crippen LogP contribution in [0.15, 0.2) is 0 Å². The first-order valence-electron chi connectivity index (χ1n) is 6.26. The molecule has 17 heavy (non-hydrogen) atoms. The maximum Gasteiger partial charge on any atom is 0.319 e. The number of hydrogen-bond donors (Lipinski definition) is 0. The minimum absolute atomic E-state index is 0.121. The first kappa shape index (κ1) is 14.3. The number of carbonyl (C=O) groups is 1. The fourth-order valence-electron chi connectivity index (χ4n) is 2.22. The molecule has 0 spiro atoms. The number of hydrogen-bond acceptors (Lipinski definition) is 3. The number of likely N-dealkylation sites (tertiary alicyclic amines) is 1. The number of urea groups is 1. The highest BCUT2D eigenvalue weighted by Gasteiger charge is 2.36. The standard InChI is InChI=1S/C12H24N2O3/c1-5-13(6-2)11(15)14-9-7-12(16-3,17-4)8-10-14/h5-10H2,1-4H3. The maximum atomic E-state index is 12.1. The number of rotatable bonds is 4. The molecular formula is C12H24N2O3. The molecule has 1 aliphatic heterocycles. The summed E-state index contributed by atoms with van der Waals surface area (Å²) >= 11 is 0. The van der Waals surface area contributed by atoms with E-state index in [1.807, 2.05) is 23.6 Å². The normalized spacial score (nSPS) is 19.2. The third-order valence-corrected chi connectivity index (χ3v) is 3.57. The molecule has 0 aliphatic carbocycles. The molecular weight excluding hydrogens is 220 g/mol. The predicted octanol–water partition coefficient (Wildman–Crippen LogP) is 1.53. The highest BCUT2D eigenvalue weighted by molar-refractivity contribution is 5.74. The lowest BCUT2D eigenvalue weighted by molar-refractivity contribution is -0.226. The molecule has 1 saturated heterocycles. The molecule has 0 bridgehead atoms. The highest BCUT2D eigenvalue weighted by atomic mass is 16.7. The van der Waals surface area contributed by atoms with E-state index in [0.717, 1.165) is 25.9 Å². The summed E-state index contributed by atoms with van der Waals surface area (Å²) in [5, 5.41) is 0. The molecule has 0 unspecified atom stereocenters. The van der Waals surface area contributed by atoms with Crippen LogP contribution >= 0.6 is 0 Å². The zero-order valence-electron chi connectivity index (χ0n) is 11.4. The average molecular weight is 244 g/mol. The van der Waals surface area contributed by atoms with Crippen LogP contribution in [-0.4, -0.2) is 62.0 Å². The van der Waals surface area contributed by atoms with Gasteiger partial charge in [0, 0.05) is 53.2 Å². The Kier molecular flexibility index (Phi) is 5.21. The Balaban J connectivity index is 2.54. The van der Waals surface area contributed by atoms with E-state index in [0.29, 0.717) is 13.1 Å². The Morgan fingerprint density at radius 3 is 2.00 bits per heavy atom. The second-order valence-electron chi connectivity index (χ2n) is 4.26. The minimum Gasteiger partial charge on any atom is -0.353 e. The van der Waals surface area contributed by atoms with Crippen molar-refractivity contribution in [3.05, 3.63) is 0 Å². The summed E-state index contributed by atoms with van der Waals surface area (Å²) in [7, 11) is 3.32. The molecule has 0 N–H and O–H groups in total. The molecule has 0 saturated carbocycles. The number of amides is 2. The Bertz CT molecular complexity index is 240. The van der Waals surface area contributed by atoms with Gasteiger partial charge < -0.3 is 19.3 Å². The number of methoxy groups -OCH3 is 2. The maximum absolute atomic E-state index is 12.1. The monoisotopic (exact) mass is 244 g/mol. The molecule has 100 valence electrons. The lowest BCUT2D eigenvalue weighted by atomic mass is 10.0. The van der Waals surface area contributed by atoms with Crippen molar-refractivity contribution in [1.82, 2.24) is 9.80 Å². The van der Waals surface area contributed by atoms with Crippen molar-refractivity contribution < 1.29 is 14.3 Å². The van der Waals surface area contributed by atoms with Gasteiger partial charge >= 0.3 is 6.03 Å².